The molecule has 3 rings (SSSR count). The smallest absolute Gasteiger partial charge is 0.262 e. The second-order valence-electron chi connectivity index (χ2n) is 6.39. The number of amides is 3. The lowest BCUT2D eigenvalue weighted by Gasteiger charge is -2.19. The first-order chi connectivity index (χ1) is 11.9. The molecule has 1 aliphatic rings. The highest BCUT2D eigenvalue weighted by molar-refractivity contribution is 6.22. The van der Waals surface area contributed by atoms with Crippen molar-refractivity contribution < 1.29 is 14.4 Å². The predicted octanol–water partition coefficient (Wildman–Crippen LogP) is 2.78. The molecule has 5 heteroatoms. The number of aryl methyl sites for hydroxylation is 2. The van der Waals surface area contributed by atoms with Crippen molar-refractivity contribution in [3.8, 4) is 0 Å². The molecule has 0 saturated heterocycles. The van der Waals surface area contributed by atoms with Crippen molar-refractivity contribution in [1.29, 1.82) is 0 Å². The molecule has 0 spiro atoms. The molecule has 0 saturated carbocycles. The monoisotopic (exact) mass is 336 g/mol. The molecule has 1 aliphatic heterocycles. The maximum Gasteiger partial charge on any atom is 0.262 e. The number of carbonyl (C=O) groups excluding carboxylic acids is 3. The lowest BCUT2D eigenvalue weighted by molar-refractivity contribution is -0.122. The number of imide groups is 1. The fourth-order valence-corrected chi connectivity index (χ4v) is 3.12. The summed E-state index contributed by atoms with van der Waals surface area (Å²) in [6, 6.07) is 12.5. The van der Waals surface area contributed by atoms with Gasteiger partial charge < -0.3 is 5.32 Å². The standard InChI is InChI=1S/C20H20N2O3/c1-12-8-9-13(2)17(10-12)14(3)21-18(23)11-22-19(24)15-6-4-5-7-16(15)20(22)25/h4-10,14H,11H2,1-3H3,(H,21,23)/t14-/m1/s1. The summed E-state index contributed by atoms with van der Waals surface area (Å²) in [5, 5.41) is 2.87. The van der Waals surface area contributed by atoms with Crippen LogP contribution in [0, 0.1) is 13.8 Å². The van der Waals surface area contributed by atoms with E-state index in [1.165, 1.54) is 0 Å². The van der Waals surface area contributed by atoms with Gasteiger partial charge in [-0.25, -0.2) is 0 Å². The predicted molar refractivity (Wildman–Crippen MR) is 94.3 cm³/mol. The van der Waals surface area contributed by atoms with E-state index in [1.807, 2.05) is 39.0 Å². The van der Waals surface area contributed by atoms with Gasteiger partial charge in [0.05, 0.1) is 17.2 Å². The van der Waals surface area contributed by atoms with E-state index in [2.05, 4.69) is 5.32 Å². The van der Waals surface area contributed by atoms with Crippen molar-refractivity contribution in [3.63, 3.8) is 0 Å². The Labute approximate surface area is 146 Å². The van der Waals surface area contributed by atoms with Crippen molar-refractivity contribution in [3.05, 3.63) is 70.3 Å². The van der Waals surface area contributed by atoms with E-state index in [-0.39, 0.29) is 18.5 Å². The quantitative estimate of drug-likeness (QED) is 0.873. The minimum absolute atomic E-state index is 0.206. The summed E-state index contributed by atoms with van der Waals surface area (Å²) in [5.74, 6) is -1.20. The van der Waals surface area contributed by atoms with Crippen LogP contribution >= 0.6 is 0 Å². The molecule has 0 unspecified atom stereocenters. The topological polar surface area (TPSA) is 66.5 Å². The second-order valence-corrected chi connectivity index (χ2v) is 6.39. The number of fused-ring (bicyclic) bond motifs is 1. The summed E-state index contributed by atoms with van der Waals surface area (Å²) in [7, 11) is 0. The molecule has 3 amide bonds. The van der Waals surface area contributed by atoms with Crippen LogP contribution in [-0.4, -0.2) is 29.2 Å². The molecule has 1 heterocycles. The largest absolute Gasteiger partial charge is 0.348 e. The maximum atomic E-state index is 12.4. The average Bonchev–Trinajstić information content (AvgIpc) is 2.82. The third-order valence-corrected chi connectivity index (χ3v) is 4.46. The van der Waals surface area contributed by atoms with E-state index in [9.17, 15) is 14.4 Å². The van der Waals surface area contributed by atoms with Gasteiger partial charge in [0.15, 0.2) is 0 Å². The molecular formula is C20H20N2O3. The van der Waals surface area contributed by atoms with Crippen LogP contribution in [0.5, 0.6) is 0 Å². The molecule has 1 N–H and O–H groups in total. The van der Waals surface area contributed by atoms with Crippen molar-refractivity contribution in [2.75, 3.05) is 6.54 Å². The molecule has 0 aliphatic carbocycles. The summed E-state index contributed by atoms with van der Waals surface area (Å²) in [6.45, 7) is 5.60. The number of carbonyl (C=O) groups is 3. The molecule has 0 aromatic heterocycles. The molecule has 25 heavy (non-hydrogen) atoms. The van der Waals surface area contributed by atoms with Crippen molar-refractivity contribution in [1.82, 2.24) is 10.2 Å². The van der Waals surface area contributed by atoms with Crippen LogP contribution in [0.25, 0.3) is 0 Å². The van der Waals surface area contributed by atoms with Gasteiger partial charge in [-0.15, -0.1) is 0 Å². The van der Waals surface area contributed by atoms with Gasteiger partial charge in [-0.05, 0) is 44.0 Å². The highest BCUT2D eigenvalue weighted by atomic mass is 16.2. The maximum absolute atomic E-state index is 12.4. The SMILES string of the molecule is Cc1ccc(C)c([C@@H](C)NC(=O)CN2C(=O)c3ccccc3C2=O)c1. The van der Waals surface area contributed by atoms with Crippen LogP contribution in [0.2, 0.25) is 0 Å². The van der Waals surface area contributed by atoms with Gasteiger partial charge in [0.25, 0.3) is 11.8 Å². The summed E-state index contributed by atoms with van der Waals surface area (Å²) < 4.78 is 0. The van der Waals surface area contributed by atoms with E-state index in [1.54, 1.807) is 24.3 Å². The Hall–Kier alpha value is -2.95. The van der Waals surface area contributed by atoms with Gasteiger partial charge in [-0.2, -0.15) is 0 Å². The van der Waals surface area contributed by atoms with E-state index in [4.69, 9.17) is 0 Å². The van der Waals surface area contributed by atoms with Gasteiger partial charge in [0.2, 0.25) is 5.91 Å². The zero-order chi connectivity index (χ0) is 18.1. The first kappa shape index (κ1) is 16.9. The first-order valence-electron chi connectivity index (χ1n) is 8.20. The molecular weight excluding hydrogens is 316 g/mol. The summed E-state index contributed by atoms with van der Waals surface area (Å²) in [4.78, 5) is 38.0. The minimum atomic E-state index is -0.421. The van der Waals surface area contributed by atoms with Gasteiger partial charge in [0.1, 0.15) is 6.54 Å². The molecule has 128 valence electrons. The fraction of sp³-hybridized carbons (Fsp3) is 0.250. The molecule has 5 nitrogen and oxygen atoms in total. The summed E-state index contributed by atoms with van der Waals surface area (Å²) in [6.07, 6.45) is 0. The molecule has 0 fully saturated rings. The average molecular weight is 336 g/mol. The Morgan fingerprint density at radius 3 is 2.24 bits per heavy atom. The number of benzene rings is 2. The number of nitrogens with zero attached hydrogens (tertiary/aromatic N) is 1. The third-order valence-electron chi connectivity index (χ3n) is 4.46. The van der Waals surface area contributed by atoms with Crippen LogP contribution in [-0.2, 0) is 4.79 Å². The van der Waals surface area contributed by atoms with E-state index in [0.29, 0.717) is 11.1 Å². The first-order valence-corrected chi connectivity index (χ1v) is 8.20. The number of hydrogen-bond acceptors (Lipinski definition) is 3. The fourth-order valence-electron chi connectivity index (χ4n) is 3.12. The Kier molecular flexibility index (Phi) is 4.40. The van der Waals surface area contributed by atoms with Crippen LogP contribution in [0.1, 0.15) is 50.4 Å². The third kappa shape index (κ3) is 3.18. The second kappa shape index (κ2) is 6.51. The van der Waals surface area contributed by atoms with Gasteiger partial charge in [0, 0.05) is 0 Å². The van der Waals surface area contributed by atoms with Crippen LogP contribution in [0.15, 0.2) is 42.5 Å². The van der Waals surface area contributed by atoms with Gasteiger partial charge >= 0.3 is 0 Å². The molecule has 2 aromatic carbocycles. The summed E-state index contributed by atoms with van der Waals surface area (Å²) >= 11 is 0. The van der Waals surface area contributed by atoms with E-state index < -0.39 is 11.8 Å². The van der Waals surface area contributed by atoms with E-state index >= 15 is 0 Å². The Morgan fingerprint density at radius 1 is 1.04 bits per heavy atom. The molecule has 0 radical (unpaired) electrons. The molecule has 1 atom stereocenters. The van der Waals surface area contributed by atoms with Gasteiger partial charge in [-0.1, -0.05) is 35.9 Å². The zero-order valence-electron chi connectivity index (χ0n) is 14.5. The molecule has 0 bridgehead atoms. The Balaban J connectivity index is 1.70. The highest BCUT2D eigenvalue weighted by Gasteiger charge is 2.36. The normalized spacial score (nSPS) is 14.4. The van der Waals surface area contributed by atoms with E-state index in [0.717, 1.165) is 21.6 Å². The lowest BCUT2D eigenvalue weighted by atomic mass is 10.00. The Bertz CT molecular complexity index is 838. The van der Waals surface area contributed by atoms with Crippen molar-refractivity contribution in [2.24, 2.45) is 0 Å². The van der Waals surface area contributed by atoms with Crippen LogP contribution in [0.4, 0.5) is 0 Å². The number of nitrogens with one attached hydrogen (secondary N) is 1. The Morgan fingerprint density at radius 2 is 1.64 bits per heavy atom. The minimum Gasteiger partial charge on any atom is -0.348 e. The lowest BCUT2D eigenvalue weighted by Crippen LogP contribution is -2.41. The van der Waals surface area contributed by atoms with Crippen LogP contribution < -0.4 is 5.32 Å². The summed E-state index contributed by atoms with van der Waals surface area (Å²) in [5.41, 5.74) is 3.92. The molecule has 2 aromatic rings. The number of hydrogen-bond donors (Lipinski definition) is 1. The van der Waals surface area contributed by atoms with Crippen LogP contribution in [0.3, 0.4) is 0 Å². The number of rotatable bonds is 4. The van der Waals surface area contributed by atoms with Crippen molar-refractivity contribution in [2.45, 2.75) is 26.8 Å². The van der Waals surface area contributed by atoms with Crippen molar-refractivity contribution >= 4 is 17.7 Å². The highest BCUT2D eigenvalue weighted by Crippen LogP contribution is 2.23. The van der Waals surface area contributed by atoms with Gasteiger partial charge in [-0.3, -0.25) is 19.3 Å². The zero-order valence-corrected chi connectivity index (χ0v) is 14.5.